The summed E-state index contributed by atoms with van der Waals surface area (Å²) in [6, 6.07) is 0.828. The predicted octanol–water partition coefficient (Wildman–Crippen LogP) is 3.11. The van der Waals surface area contributed by atoms with Crippen molar-refractivity contribution < 1.29 is 0 Å². The summed E-state index contributed by atoms with van der Waals surface area (Å²) in [4.78, 5) is 2.68. The van der Waals surface area contributed by atoms with Crippen LogP contribution in [-0.4, -0.2) is 24.0 Å². The highest BCUT2D eigenvalue weighted by Gasteiger charge is 2.22. The van der Waals surface area contributed by atoms with Gasteiger partial charge in [0.05, 0.1) is 0 Å². The lowest BCUT2D eigenvalue weighted by Gasteiger charge is -2.37. The van der Waals surface area contributed by atoms with E-state index >= 15 is 0 Å². The normalized spacial score (nSPS) is 25.4. The number of likely N-dealkylation sites (tertiary alicyclic amines) is 1. The molecule has 0 N–H and O–H groups in total. The van der Waals surface area contributed by atoms with Gasteiger partial charge in [-0.15, -0.1) is 0 Å². The van der Waals surface area contributed by atoms with Crippen molar-refractivity contribution in [3.05, 3.63) is 6.92 Å². The molecule has 0 spiro atoms. The number of piperidine rings is 1. The van der Waals surface area contributed by atoms with Crippen molar-refractivity contribution in [3.8, 4) is 0 Å². The van der Waals surface area contributed by atoms with Crippen molar-refractivity contribution in [3.63, 3.8) is 0 Å². The summed E-state index contributed by atoms with van der Waals surface area (Å²) in [5.41, 5.74) is 0. The summed E-state index contributed by atoms with van der Waals surface area (Å²) < 4.78 is 0. The van der Waals surface area contributed by atoms with E-state index < -0.39 is 0 Å². The molecule has 0 amide bonds. The van der Waals surface area contributed by atoms with Crippen molar-refractivity contribution in [2.24, 2.45) is 5.92 Å². The van der Waals surface area contributed by atoms with E-state index in [0.717, 1.165) is 18.4 Å². The fourth-order valence-electron chi connectivity index (χ4n) is 2.47. The molecule has 0 aromatic heterocycles. The molecule has 0 saturated carbocycles. The third-order valence-electron chi connectivity index (χ3n) is 3.42. The van der Waals surface area contributed by atoms with Crippen LogP contribution in [0.15, 0.2) is 0 Å². The molecular formula is C12H24N. The van der Waals surface area contributed by atoms with Gasteiger partial charge < -0.3 is 4.90 Å². The minimum absolute atomic E-state index is 0.828. The van der Waals surface area contributed by atoms with Crippen LogP contribution < -0.4 is 0 Å². The van der Waals surface area contributed by atoms with Gasteiger partial charge in [0, 0.05) is 12.6 Å². The van der Waals surface area contributed by atoms with E-state index in [1.807, 2.05) is 0 Å². The molecule has 1 aliphatic heterocycles. The Balaban J connectivity index is 2.40. The van der Waals surface area contributed by atoms with E-state index in [1.54, 1.807) is 0 Å². The van der Waals surface area contributed by atoms with Gasteiger partial charge in [0.15, 0.2) is 0 Å². The number of hydrogen-bond donors (Lipinski definition) is 0. The van der Waals surface area contributed by atoms with Gasteiger partial charge in [-0.2, -0.15) is 0 Å². The van der Waals surface area contributed by atoms with Crippen LogP contribution in [-0.2, 0) is 0 Å². The SMILES string of the molecule is [CH2]CC1CCCN(C(CC)CC)C1. The zero-order valence-corrected chi connectivity index (χ0v) is 9.26. The zero-order chi connectivity index (χ0) is 9.68. The smallest absolute Gasteiger partial charge is 0.00901 e. The Hall–Kier alpha value is -0.0400. The molecule has 1 rings (SSSR count). The summed E-state index contributed by atoms with van der Waals surface area (Å²) in [5.74, 6) is 0.870. The average molecular weight is 182 g/mol. The standard InChI is InChI=1S/C12H24N/c1-4-11-8-7-9-13(10-11)12(5-2)6-3/h11-12H,1,4-10H2,2-3H3. The molecule has 1 nitrogen and oxygen atoms in total. The summed E-state index contributed by atoms with van der Waals surface area (Å²) in [6.07, 6.45) is 6.52. The van der Waals surface area contributed by atoms with E-state index in [2.05, 4.69) is 25.7 Å². The van der Waals surface area contributed by atoms with Crippen LogP contribution in [0.2, 0.25) is 0 Å². The van der Waals surface area contributed by atoms with Crippen molar-refractivity contribution in [2.45, 2.75) is 52.0 Å². The topological polar surface area (TPSA) is 3.24 Å². The predicted molar refractivity (Wildman–Crippen MR) is 58.6 cm³/mol. The Kier molecular flexibility index (Phi) is 4.79. The zero-order valence-electron chi connectivity index (χ0n) is 9.26. The van der Waals surface area contributed by atoms with Gasteiger partial charge in [-0.05, 0) is 44.6 Å². The van der Waals surface area contributed by atoms with Crippen LogP contribution in [0.5, 0.6) is 0 Å². The van der Waals surface area contributed by atoms with Crippen LogP contribution in [0, 0.1) is 12.8 Å². The summed E-state index contributed by atoms with van der Waals surface area (Å²) in [5, 5.41) is 0. The minimum Gasteiger partial charge on any atom is -0.300 e. The second kappa shape index (κ2) is 5.64. The van der Waals surface area contributed by atoms with Crippen molar-refractivity contribution in [2.75, 3.05) is 13.1 Å². The van der Waals surface area contributed by atoms with E-state index in [1.165, 1.54) is 38.8 Å². The Bertz CT molecular complexity index is 129. The van der Waals surface area contributed by atoms with Gasteiger partial charge >= 0.3 is 0 Å². The first-order valence-electron chi connectivity index (χ1n) is 5.85. The Morgan fingerprint density at radius 2 is 2.08 bits per heavy atom. The third-order valence-corrected chi connectivity index (χ3v) is 3.42. The minimum atomic E-state index is 0.828. The first-order chi connectivity index (χ1) is 6.31. The molecule has 0 aromatic rings. The molecule has 0 aliphatic carbocycles. The fraction of sp³-hybridized carbons (Fsp3) is 0.917. The van der Waals surface area contributed by atoms with E-state index in [4.69, 9.17) is 0 Å². The Morgan fingerprint density at radius 1 is 1.38 bits per heavy atom. The molecule has 1 aliphatic rings. The summed E-state index contributed by atoms with van der Waals surface area (Å²) >= 11 is 0. The van der Waals surface area contributed by atoms with Gasteiger partial charge in [-0.25, -0.2) is 0 Å². The first-order valence-corrected chi connectivity index (χ1v) is 5.85. The summed E-state index contributed by atoms with van der Waals surface area (Å²) in [7, 11) is 0. The van der Waals surface area contributed by atoms with Crippen molar-refractivity contribution in [1.82, 2.24) is 4.90 Å². The molecule has 1 unspecified atom stereocenters. The Labute approximate surface area is 83.5 Å². The van der Waals surface area contributed by atoms with Gasteiger partial charge in [-0.1, -0.05) is 20.8 Å². The lowest BCUT2D eigenvalue weighted by molar-refractivity contribution is 0.117. The molecular weight excluding hydrogens is 158 g/mol. The molecule has 77 valence electrons. The van der Waals surface area contributed by atoms with E-state index in [9.17, 15) is 0 Å². The quantitative estimate of drug-likeness (QED) is 0.645. The molecule has 1 atom stereocenters. The van der Waals surface area contributed by atoms with Gasteiger partial charge in [0.1, 0.15) is 0 Å². The second-order valence-electron chi connectivity index (χ2n) is 4.26. The first kappa shape index (κ1) is 11.0. The van der Waals surface area contributed by atoms with Gasteiger partial charge in [0.2, 0.25) is 0 Å². The molecule has 1 heterocycles. The van der Waals surface area contributed by atoms with Crippen molar-refractivity contribution in [1.29, 1.82) is 0 Å². The number of nitrogens with zero attached hydrogens (tertiary/aromatic N) is 1. The molecule has 1 fully saturated rings. The molecule has 1 saturated heterocycles. The maximum Gasteiger partial charge on any atom is 0.00901 e. The summed E-state index contributed by atoms with van der Waals surface area (Å²) in [6.45, 7) is 11.3. The highest BCUT2D eigenvalue weighted by molar-refractivity contribution is 4.78. The van der Waals surface area contributed by atoms with Crippen LogP contribution >= 0.6 is 0 Å². The van der Waals surface area contributed by atoms with Crippen LogP contribution in [0.25, 0.3) is 0 Å². The van der Waals surface area contributed by atoms with Gasteiger partial charge in [0.25, 0.3) is 0 Å². The lowest BCUT2D eigenvalue weighted by Crippen LogP contribution is -2.42. The lowest BCUT2D eigenvalue weighted by atomic mass is 9.93. The van der Waals surface area contributed by atoms with Gasteiger partial charge in [-0.3, -0.25) is 0 Å². The molecule has 1 heteroatoms. The number of rotatable bonds is 4. The van der Waals surface area contributed by atoms with Crippen LogP contribution in [0.3, 0.4) is 0 Å². The fourth-order valence-corrected chi connectivity index (χ4v) is 2.47. The average Bonchev–Trinajstić information content (AvgIpc) is 2.20. The van der Waals surface area contributed by atoms with Crippen LogP contribution in [0.1, 0.15) is 46.0 Å². The monoisotopic (exact) mass is 182 g/mol. The molecule has 0 aromatic carbocycles. The maximum atomic E-state index is 4.03. The van der Waals surface area contributed by atoms with Crippen molar-refractivity contribution >= 4 is 0 Å². The van der Waals surface area contributed by atoms with E-state index in [-0.39, 0.29) is 0 Å². The van der Waals surface area contributed by atoms with Crippen LogP contribution in [0.4, 0.5) is 0 Å². The molecule has 1 radical (unpaired) electrons. The molecule has 0 bridgehead atoms. The number of hydrogen-bond acceptors (Lipinski definition) is 1. The highest BCUT2D eigenvalue weighted by Crippen LogP contribution is 2.22. The maximum absolute atomic E-state index is 4.03. The second-order valence-corrected chi connectivity index (χ2v) is 4.26. The largest absolute Gasteiger partial charge is 0.300 e. The highest BCUT2D eigenvalue weighted by atomic mass is 15.2. The van der Waals surface area contributed by atoms with E-state index in [0.29, 0.717) is 0 Å². The third kappa shape index (κ3) is 2.98. The molecule has 13 heavy (non-hydrogen) atoms. The Morgan fingerprint density at radius 3 is 2.62 bits per heavy atom.